The second-order valence-corrected chi connectivity index (χ2v) is 9.38. The molecule has 0 aliphatic carbocycles. The number of carbonyl (C=O) groups is 1. The minimum atomic E-state index is -0.529. The Kier molecular flexibility index (Phi) is 5.62. The highest BCUT2D eigenvalue weighted by Crippen LogP contribution is 2.21. The first-order chi connectivity index (χ1) is 14.7. The van der Waals surface area contributed by atoms with Gasteiger partial charge in [0.2, 0.25) is 0 Å². The highest BCUT2D eigenvalue weighted by Gasteiger charge is 2.32. The highest BCUT2D eigenvalue weighted by atomic mass is 19.1. The number of carbonyl (C=O) groups excluding carboxylic acids is 1. The van der Waals surface area contributed by atoms with E-state index in [1.807, 2.05) is 12.1 Å². The van der Waals surface area contributed by atoms with Crippen molar-refractivity contribution >= 4 is 16.7 Å². The predicted molar refractivity (Wildman–Crippen MR) is 119 cm³/mol. The van der Waals surface area contributed by atoms with Gasteiger partial charge in [0.05, 0.1) is 16.6 Å². The van der Waals surface area contributed by atoms with E-state index in [1.54, 1.807) is 29.2 Å². The number of hydrogen-bond donors (Lipinski definition) is 2. The maximum absolute atomic E-state index is 14.5. The van der Waals surface area contributed by atoms with Gasteiger partial charge in [0.1, 0.15) is 5.82 Å². The van der Waals surface area contributed by atoms with Crippen molar-refractivity contribution in [2.75, 3.05) is 19.6 Å². The van der Waals surface area contributed by atoms with E-state index in [0.717, 1.165) is 17.5 Å². The number of nitrogens with one attached hydrogen (secondary N) is 2. The van der Waals surface area contributed by atoms with Crippen LogP contribution in [0.4, 0.5) is 4.39 Å². The minimum absolute atomic E-state index is 0.0699. The van der Waals surface area contributed by atoms with Crippen LogP contribution < -0.4 is 10.9 Å². The molecule has 162 valence electrons. The number of halogens is 1. The number of rotatable bonds is 5. The quantitative estimate of drug-likeness (QED) is 0.662. The topological polar surface area (TPSA) is 78.1 Å². The Morgan fingerprint density at radius 2 is 1.90 bits per heavy atom. The van der Waals surface area contributed by atoms with Crippen LogP contribution in [0, 0.1) is 11.2 Å². The first-order valence-electron chi connectivity index (χ1n) is 10.5. The second kappa shape index (κ2) is 8.23. The summed E-state index contributed by atoms with van der Waals surface area (Å²) in [6.07, 6.45) is 0.383. The normalized spacial score (nSPS) is 14.6. The molecule has 7 heteroatoms. The molecule has 2 heterocycles. The Bertz CT molecular complexity index is 1180. The molecule has 31 heavy (non-hydrogen) atoms. The van der Waals surface area contributed by atoms with Crippen LogP contribution in [0.25, 0.3) is 10.8 Å². The number of benzene rings is 2. The molecular formula is C24H27FN4O2. The first-order valence-corrected chi connectivity index (χ1v) is 10.5. The average molecular weight is 423 g/mol. The molecule has 1 aliphatic rings. The van der Waals surface area contributed by atoms with Gasteiger partial charge in [0, 0.05) is 37.5 Å². The monoisotopic (exact) mass is 422 g/mol. The van der Waals surface area contributed by atoms with Crippen LogP contribution in [0.3, 0.4) is 0 Å². The zero-order valence-electron chi connectivity index (χ0n) is 18.0. The zero-order valence-corrected chi connectivity index (χ0v) is 18.0. The van der Waals surface area contributed by atoms with Crippen molar-refractivity contribution < 1.29 is 9.18 Å². The van der Waals surface area contributed by atoms with Crippen LogP contribution in [-0.4, -0.2) is 46.7 Å². The van der Waals surface area contributed by atoms with E-state index < -0.39 is 5.82 Å². The zero-order chi connectivity index (χ0) is 22.2. The molecule has 0 saturated carbocycles. The maximum Gasteiger partial charge on any atom is 0.272 e. The van der Waals surface area contributed by atoms with Crippen LogP contribution >= 0.6 is 0 Å². The molecule has 1 aliphatic heterocycles. The summed E-state index contributed by atoms with van der Waals surface area (Å²) in [4.78, 5) is 26.5. The van der Waals surface area contributed by atoms with Crippen LogP contribution in [0.2, 0.25) is 0 Å². The third kappa shape index (κ3) is 4.66. The molecule has 2 N–H and O–H groups in total. The summed E-state index contributed by atoms with van der Waals surface area (Å²) in [5.74, 6) is -0.827. The van der Waals surface area contributed by atoms with E-state index in [4.69, 9.17) is 0 Å². The number of aromatic amines is 1. The molecule has 1 aromatic heterocycles. The van der Waals surface area contributed by atoms with E-state index in [1.165, 1.54) is 6.07 Å². The SMILES string of the molecule is CC(C)(C)CNC1CN(C(=O)c2cc(Cc3n[nH]c(=O)c4ccccc34)ccc2F)C1. The maximum atomic E-state index is 14.5. The molecule has 6 nitrogen and oxygen atoms in total. The largest absolute Gasteiger partial charge is 0.335 e. The minimum Gasteiger partial charge on any atom is -0.335 e. The lowest BCUT2D eigenvalue weighted by Crippen LogP contribution is -2.60. The Hall–Kier alpha value is -3.06. The van der Waals surface area contributed by atoms with Crippen LogP contribution in [-0.2, 0) is 6.42 Å². The van der Waals surface area contributed by atoms with Gasteiger partial charge in [-0.3, -0.25) is 9.59 Å². The van der Waals surface area contributed by atoms with Crippen LogP contribution in [0.1, 0.15) is 42.4 Å². The molecule has 0 spiro atoms. The third-order valence-electron chi connectivity index (χ3n) is 5.50. The van der Waals surface area contributed by atoms with Crippen molar-refractivity contribution in [3.05, 3.63) is 75.5 Å². The summed E-state index contributed by atoms with van der Waals surface area (Å²) in [5.41, 5.74) is 1.43. The Labute approximate surface area is 180 Å². The van der Waals surface area contributed by atoms with E-state index >= 15 is 0 Å². The van der Waals surface area contributed by atoms with Gasteiger partial charge in [-0.15, -0.1) is 0 Å². The van der Waals surface area contributed by atoms with Gasteiger partial charge < -0.3 is 10.2 Å². The number of fused-ring (bicyclic) bond motifs is 1. The molecule has 0 bridgehead atoms. The molecule has 0 radical (unpaired) electrons. The highest BCUT2D eigenvalue weighted by molar-refractivity contribution is 5.95. The van der Waals surface area contributed by atoms with Gasteiger partial charge in [0.25, 0.3) is 11.5 Å². The first kappa shape index (κ1) is 21.2. The lowest BCUT2D eigenvalue weighted by atomic mass is 9.95. The Morgan fingerprint density at radius 1 is 1.19 bits per heavy atom. The molecule has 1 amide bonds. The molecular weight excluding hydrogens is 395 g/mol. The molecule has 0 unspecified atom stereocenters. The van der Waals surface area contributed by atoms with E-state index in [0.29, 0.717) is 30.6 Å². The van der Waals surface area contributed by atoms with Gasteiger partial charge >= 0.3 is 0 Å². The lowest BCUT2D eigenvalue weighted by Gasteiger charge is -2.41. The Balaban J connectivity index is 1.49. The number of nitrogens with zero attached hydrogens (tertiary/aromatic N) is 2. The number of amides is 1. The summed E-state index contributed by atoms with van der Waals surface area (Å²) in [5, 5.41) is 11.4. The van der Waals surface area contributed by atoms with Gasteiger partial charge in [-0.1, -0.05) is 45.0 Å². The van der Waals surface area contributed by atoms with Crippen molar-refractivity contribution in [1.29, 1.82) is 0 Å². The van der Waals surface area contributed by atoms with E-state index in [-0.39, 0.29) is 28.5 Å². The number of H-pyrrole nitrogens is 1. The number of aromatic nitrogens is 2. The summed E-state index contributed by atoms with van der Waals surface area (Å²) in [6, 6.07) is 12.0. The van der Waals surface area contributed by atoms with Gasteiger partial charge in [-0.2, -0.15) is 5.10 Å². The molecule has 0 atom stereocenters. The smallest absolute Gasteiger partial charge is 0.272 e. The molecule has 1 saturated heterocycles. The van der Waals surface area contributed by atoms with Crippen molar-refractivity contribution in [1.82, 2.24) is 20.4 Å². The van der Waals surface area contributed by atoms with Crippen molar-refractivity contribution in [2.45, 2.75) is 33.2 Å². The van der Waals surface area contributed by atoms with E-state index in [9.17, 15) is 14.0 Å². The summed E-state index contributed by atoms with van der Waals surface area (Å²) >= 11 is 0. The standard InChI is InChI=1S/C24H27FN4O2/c1-24(2,3)14-26-16-12-29(13-16)23(31)19-10-15(8-9-20(19)25)11-21-17-6-4-5-7-18(17)22(30)28-27-21/h4-10,16,26H,11-14H2,1-3H3,(H,28,30). The average Bonchev–Trinajstić information content (AvgIpc) is 2.69. The number of likely N-dealkylation sites (tertiary alicyclic amines) is 1. The molecule has 3 aromatic rings. The van der Waals surface area contributed by atoms with Crippen LogP contribution in [0.15, 0.2) is 47.3 Å². The summed E-state index contributed by atoms with van der Waals surface area (Å²) < 4.78 is 14.5. The van der Waals surface area contributed by atoms with E-state index in [2.05, 4.69) is 36.3 Å². The second-order valence-electron chi connectivity index (χ2n) is 9.38. The van der Waals surface area contributed by atoms with Crippen molar-refractivity contribution in [3.63, 3.8) is 0 Å². The van der Waals surface area contributed by atoms with Crippen LogP contribution in [0.5, 0.6) is 0 Å². The van der Waals surface area contributed by atoms with Gasteiger partial charge in [-0.25, -0.2) is 9.49 Å². The van der Waals surface area contributed by atoms with Gasteiger partial charge in [-0.05, 0) is 29.2 Å². The lowest BCUT2D eigenvalue weighted by molar-refractivity contribution is 0.0552. The fourth-order valence-corrected chi connectivity index (χ4v) is 3.74. The molecule has 2 aromatic carbocycles. The molecule has 1 fully saturated rings. The number of hydrogen-bond acceptors (Lipinski definition) is 4. The fraction of sp³-hybridized carbons (Fsp3) is 0.375. The summed E-state index contributed by atoms with van der Waals surface area (Å²) in [6.45, 7) is 8.48. The van der Waals surface area contributed by atoms with Crippen molar-refractivity contribution in [2.24, 2.45) is 5.41 Å². The fourth-order valence-electron chi connectivity index (χ4n) is 3.74. The molecule has 4 rings (SSSR count). The Morgan fingerprint density at radius 3 is 2.61 bits per heavy atom. The van der Waals surface area contributed by atoms with Gasteiger partial charge in [0.15, 0.2) is 0 Å². The van der Waals surface area contributed by atoms with Crippen molar-refractivity contribution in [3.8, 4) is 0 Å². The summed E-state index contributed by atoms with van der Waals surface area (Å²) in [7, 11) is 0. The third-order valence-corrected chi connectivity index (χ3v) is 5.50. The predicted octanol–water partition coefficient (Wildman–Crippen LogP) is 3.11.